The highest BCUT2D eigenvalue weighted by Gasteiger charge is 2.24. The van der Waals surface area contributed by atoms with Crippen LogP contribution in [0.5, 0.6) is 0 Å². The molecule has 0 atom stereocenters. The summed E-state index contributed by atoms with van der Waals surface area (Å²) in [5, 5.41) is 17.0. The normalized spacial score (nSPS) is 18.6. The molecule has 0 saturated carbocycles. The maximum atomic E-state index is 8.72. The molecule has 0 aromatic carbocycles. The first-order chi connectivity index (χ1) is 9.56. The predicted octanol–water partition coefficient (Wildman–Crippen LogP) is 1.82. The van der Waals surface area contributed by atoms with Gasteiger partial charge in [-0.1, -0.05) is 16.8 Å². The Bertz CT molecular complexity index is 491. The van der Waals surface area contributed by atoms with E-state index in [4.69, 9.17) is 22.5 Å². The van der Waals surface area contributed by atoms with Crippen LogP contribution >= 0.6 is 11.6 Å². The summed E-state index contributed by atoms with van der Waals surface area (Å²) in [5.74, 6) is 0.529. The molecule has 2 rings (SSSR count). The Hall–Kier alpha value is -1.27. The molecule has 0 spiro atoms. The van der Waals surface area contributed by atoms with Crippen LogP contribution in [0.2, 0.25) is 5.02 Å². The van der Waals surface area contributed by atoms with Crippen molar-refractivity contribution in [1.82, 2.24) is 14.7 Å². The first kappa shape index (κ1) is 15.1. The second kappa shape index (κ2) is 6.45. The molecular weight excluding hydrogens is 278 g/mol. The molecule has 1 aliphatic heterocycles. The van der Waals surface area contributed by atoms with Crippen molar-refractivity contribution in [3.05, 3.63) is 16.4 Å². The van der Waals surface area contributed by atoms with Crippen molar-refractivity contribution in [1.29, 1.82) is 0 Å². The zero-order valence-electron chi connectivity index (χ0n) is 12.0. The van der Waals surface area contributed by atoms with Crippen LogP contribution in [0.15, 0.2) is 5.16 Å². The number of nitrogens with zero attached hydrogens (tertiary/aromatic N) is 4. The van der Waals surface area contributed by atoms with E-state index in [1.54, 1.807) is 0 Å². The van der Waals surface area contributed by atoms with Gasteiger partial charge in [-0.05, 0) is 39.8 Å². The van der Waals surface area contributed by atoms with Crippen molar-refractivity contribution in [2.45, 2.75) is 39.8 Å². The van der Waals surface area contributed by atoms with Crippen molar-refractivity contribution in [2.24, 2.45) is 16.8 Å². The van der Waals surface area contributed by atoms with Gasteiger partial charge in [-0.2, -0.15) is 5.10 Å². The van der Waals surface area contributed by atoms with Gasteiger partial charge in [-0.25, -0.2) is 0 Å². The Morgan fingerprint density at radius 1 is 1.50 bits per heavy atom. The molecule has 20 heavy (non-hydrogen) atoms. The lowest BCUT2D eigenvalue weighted by Gasteiger charge is -2.31. The number of rotatable bonds is 4. The molecule has 112 valence electrons. The summed E-state index contributed by atoms with van der Waals surface area (Å²) in [5.41, 5.74) is 7.63. The largest absolute Gasteiger partial charge is 0.409 e. The van der Waals surface area contributed by atoms with Crippen LogP contribution in [0.25, 0.3) is 0 Å². The molecule has 1 saturated heterocycles. The van der Waals surface area contributed by atoms with E-state index in [1.165, 1.54) is 0 Å². The molecule has 6 nitrogen and oxygen atoms in total. The van der Waals surface area contributed by atoms with Gasteiger partial charge in [0.05, 0.1) is 16.4 Å². The average molecular weight is 300 g/mol. The summed E-state index contributed by atoms with van der Waals surface area (Å²) in [4.78, 5) is 2.34. The third-order valence-electron chi connectivity index (χ3n) is 3.95. The summed E-state index contributed by atoms with van der Waals surface area (Å²) < 4.78 is 1.97. The second-order valence-electron chi connectivity index (χ2n) is 5.24. The summed E-state index contributed by atoms with van der Waals surface area (Å²) in [6, 6.07) is 0. The number of likely N-dealkylation sites (tertiary alicyclic amines) is 1. The molecule has 0 aliphatic carbocycles. The van der Waals surface area contributed by atoms with Crippen LogP contribution in [0.4, 0.5) is 0 Å². The highest BCUT2D eigenvalue weighted by atomic mass is 35.5. The quantitative estimate of drug-likeness (QED) is 0.385. The van der Waals surface area contributed by atoms with Crippen molar-refractivity contribution in [3.8, 4) is 0 Å². The molecule has 1 fully saturated rings. The minimum Gasteiger partial charge on any atom is -0.409 e. The molecule has 0 unspecified atom stereocenters. The third-order valence-corrected chi connectivity index (χ3v) is 4.44. The molecule has 0 amide bonds. The number of hydrogen-bond acceptors (Lipinski definition) is 4. The molecule has 0 radical (unpaired) electrons. The number of oxime groups is 1. The van der Waals surface area contributed by atoms with Crippen LogP contribution in [0.1, 0.15) is 31.2 Å². The Morgan fingerprint density at radius 2 is 2.15 bits per heavy atom. The summed E-state index contributed by atoms with van der Waals surface area (Å²) in [7, 11) is 0. The number of hydrogen-bond donors (Lipinski definition) is 2. The first-order valence-corrected chi connectivity index (χ1v) is 7.36. The Morgan fingerprint density at radius 3 is 2.70 bits per heavy atom. The number of nitrogens with two attached hydrogens (primary N) is 1. The van der Waals surface area contributed by atoms with E-state index in [-0.39, 0.29) is 5.92 Å². The van der Waals surface area contributed by atoms with E-state index in [0.29, 0.717) is 5.84 Å². The van der Waals surface area contributed by atoms with E-state index in [2.05, 4.69) is 22.1 Å². The third kappa shape index (κ3) is 3.07. The minimum atomic E-state index is 0.185. The lowest BCUT2D eigenvalue weighted by atomic mass is 9.96. The van der Waals surface area contributed by atoms with Gasteiger partial charge in [0.2, 0.25) is 0 Å². The van der Waals surface area contributed by atoms with Crippen LogP contribution < -0.4 is 5.73 Å². The monoisotopic (exact) mass is 299 g/mol. The highest BCUT2D eigenvalue weighted by molar-refractivity contribution is 6.31. The standard InChI is InChI=1S/C13H22ClN5O/c1-3-19-11(12(14)9(2)16-19)8-18-6-4-10(5-7-18)13(15)17-20/h10,20H,3-8H2,1-2H3,(H2,15,17). The Kier molecular flexibility index (Phi) is 4.88. The number of piperidine rings is 1. The van der Waals surface area contributed by atoms with Crippen LogP contribution in [-0.2, 0) is 13.1 Å². The molecule has 7 heteroatoms. The molecule has 1 aromatic heterocycles. The van der Waals surface area contributed by atoms with Gasteiger partial charge in [0.25, 0.3) is 0 Å². The minimum absolute atomic E-state index is 0.185. The SMILES string of the molecule is CCn1nc(C)c(Cl)c1CN1CCC(C(N)=NO)CC1. The lowest BCUT2D eigenvalue weighted by Crippen LogP contribution is -2.38. The highest BCUT2D eigenvalue weighted by Crippen LogP contribution is 2.24. The maximum absolute atomic E-state index is 8.72. The van der Waals surface area contributed by atoms with Crippen LogP contribution in [0.3, 0.4) is 0 Å². The van der Waals surface area contributed by atoms with E-state index >= 15 is 0 Å². The molecule has 1 aromatic rings. The van der Waals surface area contributed by atoms with E-state index in [0.717, 1.165) is 55.4 Å². The second-order valence-corrected chi connectivity index (χ2v) is 5.62. The Balaban J connectivity index is 1.99. The topological polar surface area (TPSA) is 79.7 Å². The molecule has 2 heterocycles. The number of aromatic nitrogens is 2. The van der Waals surface area contributed by atoms with Gasteiger partial charge in [0.15, 0.2) is 0 Å². The van der Waals surface area contributed by atoms with Crippen LogP contribution in [-0.4, -0.2) is 38.8 Å². The van der Waals surface area contributed by atoms with Crippen LogP contribution in [0, 0.1) is 12.8 Å². The number of amidine groups is 1. The van der Waals surface area contributed by atoms with Crippen molar-refractivity contribution in [3.63, 3.8) is 0 Å². The average Bonchev–Trinajstić information content (AvgIpc) is 2.75. The van der Waals surface area contributed by atoms with Gasteiger partial charge < -0.3 is 10.9 Å². The number of aryl methyl sites for hydroxylation is 2. The maximum Gasteiger partial charge on any atom is 0.142 e. The van der Waals surface area contributed by atoms with Crippen molar-refractivity contribution >= 4 is 17.4 Å². The summed E-state index contributed by atoms with van der Waals surface area (Å²) in [6.45, 7) is 7.47. The van der Waals surface area contributed by atoms with Gasteiger partial charge in [0.1, 0.15) is 5.84 Å². The Labute approximate surface area is 124 Å². The fourth-order valence-corrected chi connectivity index (χ4v) is 2.90. The summed E-state index contributed by atoms with van der Waals surface area (Å²) in [6.07, 6.45) is 1.82. The zero-order chi connectivity index (χ0) is 14.7. The van der Waals surface area contributed by atoms with Gasteiger partial charge >= 0.3 is 0 Å². The van der Waals surface area contributed by atoms with Crippen molar-refractivity contribution in [2.75, 3.05) is 13.1 Å². The molecule has 3 N–H and O–H groups in total. The fraction of sp³-hybridized carbons (Fsp3) is 0.692. The number of halogens is 1. The van der Waals surface area contributed by atoms with Gasteiger partial charge in [-0.3, -0.25) is 9.58 Å². The molecule has 0 bridgehead atoms. The first-order valence-electron chi connectivity index (χ1n) is 6.98. The zero-order valence-corrected chi connectivity index (χ0v) is 12.8. The summed E-state index contributed by atoms with van der Waals surface area (Å²) >= 11 is 6.33. The van der Waals surface area contributed by atoms with Crippen molar-refractivity contribution < 1.29 is 5.21 Å². The lowest BCUT2D eigenvalue weighted by molar-refractivity contribution is 0.194. The van der Waals surface area contributed by atoms with Gasteiger partial charge in [0, 0.05) is 19.0 Å². The van der Waals surface area contributed by atoms with E-state index in [1.807, 2.05) is 11.6 Å². The van der Waals surface area contributed by atoms with E-state index < -0.39 is 0 Å². The smallest absolute Gasteiger partial charge is 0.142 e. The molecular formula is C13H22ClN5O. The fourth-order valence-electron chi connectivity index (χ4n) is 2.70. The van der Waals surface area contributed by atoms with Gasteiger partial charge in [-0.15, -0.1) is 0 Å². The predicted molar refractivity (Wildman–Crippen MR) is 79.1 cm³/mol. The van der Waals surface area contributed by atoms with E-state index in [9.17, 15) is 0 Å². The molecule has 1 aliphatic rings.